The quantitative estimate of drug-likeness (QED) is 0.282. The number of hydrogen-bond acceptors (Lipinski definition) is 7. The van der Waals surface area contributed by atoms with Crippen LogP contribution in [-0.2, 0) is 16.2 Å². The minimum Gasteiger partial charge on any atom is -0.497 e. The molecule has 1 aliphatic heterocycles. The normalized spacial score (nSPS) is 14.1. The van der Waals surface area contributed by atoms with Crippen molar-refractivity contribution in [2.24, 2.45) is 0 Å². The molecule has 1 saturated heterocycles. The van der Waals surface area contributed by atoms with Crippen molar-refractivity contribution in [2.75, 3.05) is 25.6 Å². The van der Waals surface area contributed by atoms with Crippen molar-refractivity contribution >= 4 is 56.5 Å². The molecule has 0 atom stereocenters. The van der Waals surface area contributed by atoms with E-state index < -0.39 is 23.6 Å². The predicted molar refractivity (Wildman–Crippen MR) is 150 cm³/mol. The molecule has 1 fully saturated rings. The topological polar surface area (TPSA) is 94.2 Å². The Morgan fingerprint density at radius 1 is 1.03 bits per heavy atom. The minimum atomic E-state index is -0.542. The van der Waals surface area contributed by atoms with Gasteiger partial charge in [0.15, 0.2) is 11.5 Å². The average molecular weight is 597 g/mol. The summed E-state index contributed by atoms with van der Waals surface area (Å²) in [5.41, 5.74) is 2.17. The fraction of sp³-hybridized carbons (Fsp3) is 0.179. The van der Waals surface area contributed by atoms with Crippen LogP contribution in [0.3, 0.4) is 0 Å². The lowest BCUT2D eigenvalue weighted by molar-refractivity contribution is -0.127. The lowest BCUT2D eigenvalue weighted by Gasteiger charge is -2.14. The van der Waals surface area contributed by atoms with Crippen LogP contribution in [0.5, 0.6) is 17.2 Å². The molecule has 38 heavy (non-hydrogen) atoms. The smallest absolute Gasteiger partial charge is 0.294 e. The standard InChI is InChI=1S/C28H25BrN2O6S/c1-3-36-23-13-19(22(29)15-24(23)37-17-18-7-5-4-6-8-18)14-25-27(33)31(28(34)38-25)16-26(32)30-20-9-11-21(35-2)12-10-20/h4-15H,3,16-17H2,1-2H3,(H,30,32)/b25-14+. The minimum absolute atomic E-state index is 0.202. The van der Waals surface area contributed by atoms with E-state index >= 15 is 0 Å². The maximum atomic E-state index is 13.0. The fourth-order valence-electron chi connectivity index (χ4n) is 3.57. The summed E-state index contributed by atoms with van der Waals surface area (Å²) in [6, 6.07) is 20.0. The highest BCUT2D eigenvalue weighted by Crippen LogP contribution is 2.38. The van der Waals surface area contributed by atoms with Gasteiger partial charge in [-0.25, -0.2) is 0 Å². The second kappa shape index (κ2) is 12.7. The van der Waals surface area contributed by atoms with E-state index in [-0.39, 0.29) is 4.91 Å². The number of rotatable bonds is 10. The summed E-state index contributed by atoms with van der Waals surface area (Å²) in [7, 11) is 1.55. The molecule has 10 heteroatoms. The number of carbonyl (C=O) groups excluding carboxylic acids is 3. The number of thioether (sulfide) groups is 1. The Labute approximate surface area is 233 Å². The van der Waals surface area contributed by atoms with Crippen LogP contribution in [0.15, 0.2) is 76.1 Å². The molecule has 4 rings (SSSR count). The summed E-state index contributed by atoms with van der Waals surface area (Å²) in [6.07, 6.45) is 1.60. The Hall–Kier alpha value is -3.76. The van der Waals surface area contributed by atoms with Crippen molar-refractivity contribution in [1.82, 2.24) is 4.90 Å². The molecule has 0 spiro atoms. The van der Waals surface area contributed by atoms with Crippen LogP contribution >= 0.6 is 27.7 Å². The Morgan fingerprint density at radius 3 is 2.42 bits per heavy atom. The average Bonchev–Trinajstić information content (AvgIpc) is 3.18. The number of hydrogen-bond donors (Lipinski definition) is 1. The number of methoxy groups -OCH3 is 1. The van der Waals surface area contributed by atoms with Gasteiger partial charge in [0.05, 0.1) is 18.6 Å². The first-order valence-corrected chi connectivity index (χ1v) is 13.3. The van der Waals surface area contributed by atoms with Crippen molar-refractivity contribution in [1.29, 1.82) is 0 Å². The zero-order valence-corrected chi connectivity index (χ0v) is 23.1. The summed E-state index contributed by atoms with van der Waals surface area (Å²) in [5, 5.41) is 2.16. The first kappa shape index (κ1) is 27.3. The maximum Gasteiger partial charge on any atom is 0.294 e. The van der Waals surface area contributed by atoms with Crippen LogP contribution in [0.1, 0.15) is 18.1 Å². The third-order valence-corrected chi connectivity index (χ3v) is 7.03. The molecule has 0 aliphatic carbocycles. The van der Waals surface area contributed by atoms with Gasteiger partial charge in [0.2, 0.25) is 5.91 Å². The summed E-state index contributed by atoms with van der Waals surface area (Å²) < 4.78 is 17.5. The largest absolute Gasteiger partial charge is 0.497 e. The lowest BCUT2D eigenvalue weighted by Crippen LogP contribution is -2.36. The van der Waals surface area contributed by atoms with Gasteiger partial charge in [-0.15, -0.1) is 0 Å². The summed E-state index contributed by atoms with van der Waals surface area (Å²) in [6.45, 7) is 2.25. The van der Waals surface area contributed by atoms with Gasteiger partial charge in [0, 0.05) is 10.2 Å². The van der Waals surface area contributed by atoms with Gasteiger partial charge in [-0.1, -0.05) is 46.3 Å². The second-order valence-corrected chi connectivity index (χ2v) is 9.92. The van der Waals surface area contributed by atoms with Crippen molar-refractivity contribution < 1.29 is 28.6 Å². The van der Waals surface area contributed by atoms with E-state index in [4.69, 9.17) is 14.2 Å². The molecule has 0 unspecified atom stereocenters. The van der Waals surface area contributed by atoms with E-state index in [9.17, 15) is 14.4 Å². The Kier molecular flexibility index (Phi) is 9.09. The highest BCUT2D eigenvalue weighted by Gasteiger charge is 2.36. The van der Waals surface area contributed by atoms with Crippen LogP contribution < -0.4 is 19.5 Å². The first-order chi connectivity index (χ1) is 18.4. The van der Waals surface area contributed by atoms with Crippen LogP contribution in [0.25, 0.3) is 6.08 Å². The zero-order chi connectivity index (χ0) is 27.1. The molecule has 196 valence electrons. The molecule has 8 nitrogen and oxygen atoms in total. The molecule has 0 aromatic heterocycles. The number of benzene rings is 3. The summed E-state index contributed by atoms with van der Waals surface area (Å²) in [4.78, 5) is 39.2. The molecule has 1 aliphatic rings. The Bertz CT molecular complexity index is 1360. The molecule has 0 saturated carbocycles. The van der Waals surface area contributed by atoms with Gasteiger partial charge in [-0.3, -0.25) is 19.3 Å². The van der Waals surface area contributed by atoms with Gasteiger partial charge in [0.25, 0.3) is 11.1 Å². The monoisotopic (exact) mass is 596 g/mol. The number of nitrogens with one attached hydrogen (secondary N) is 1. The van der Waals surface area contributed by atoms with E-state index in [0.717, 1.165) is 22.2 Å². The Morgan fingerprint density at radius 2 is 1.74 bits per heavy atom. The molecular weight excluding hydrogens is 572 g/mol. The molecule has 1 N–H and O–H groups in total. The van der Waals surface area contributed by atoms with Crippen LogP contribution in [0, 0.1) is 0 Å². The third kappa shape index (κ3) is 6.76. The summed E-state index contributed by atoms with van der Waals surface area (Å²) in [5.74, 6) is 0.671. The number of carbonyl (C=O) groups is 3. The zero-order valence-electron chi connectivity index (χ0n) is 20.7. The van der Waals surface area contributed by atoms with Gasteiger partial charge in [0.1, 0.15) is 18.9 Å². The van der Waals surface area contributed by atoms with Crippen LogP contribution in [-0.4, -0.2) is 42.2 Å². The van der Waals surface area contributed by atoms with E-state index in [1.54, 1.807) is 49.6 Å². The van der Waals surface area contributed by atoms with E-state index in [0.29, 0.717) is 46.2 Å². The van der Waals surface area contributed by atoms with Gasteiger partial charge >= 0.3 is 0 Å². The Balaban J connectivity index is 1.47. The van der Waals surface area contributed by atoms with Gasteiger partial charge in [-0.2, -0.15) is 0 Å². The predicted octanol–water partition coefficient (Wildman–Crippen LogP) is 6.11. The molecule has 3 amide bonds. The lowest BCUT2D eigenvalue weighted by atomic mass is 10.1. The highest BCUT2D eigenvalue weighted by atomic mass is 79.9. The molecule has 0 radical (unpaired) electrons. The molecular formula is C28H25BrN2O6S. The molecule has 1 heterocycles. The number of halogens is 1. The maximum absolute atomic E-state index is 13.0. The number of anilines is 1. The van der Waals surface area contributed by atoms with Crippen molar-refractivity contribution in [3.63, 3.8) is 0 Å². The fourth-order valence-corrected chi connectivity index (χ4v) is 4.84. The van der Waals surface area contributed by atoms with Gasteiger partial charge in [-0.05, 0) is 72.3 Å². The first-order valence-electron chi connectivity index (χ1n) is 11.7. The van der Waals surface area contributed by atoms with Gasteiger partial charge < -0.3 is 19.5 Å². The second-order valence-electron chi connectivity index (χ2n) is 8.07. The van der Waals surface area contributed by atoms with Crippen molar-refractivity contribution in [3.8, 4) is 17.2 Å². The molecule has 3 aromatic rings. The van der Waals surface area contributed by atoms with Crippen molar-refractivity contribution in [3.05, 3.63) is 87.2 Å². The number of ether oxygens (including phenoxy) is 3. The van der Waals surface area contributed by atoms with Crippen LogP contribution in [0.4, 0.5) is 10.5 Å². The van der Waals surface area contributed by atoms with E-state index in [2.05, 4.69) is 21.2 Å². The number of amides is 3. The van der Waals surface area contributed by atoms with Crippen molar-refractivity contribution in [2.45, 2.75) is 13.5 Å². The molecule has 0 bridgehead atoms. The van der Waals surface area contributed by atoms with Crippen LogP contribution in [0.2, 0.25) is 0 Å². The highest BCUT2D eigenvalue weighted by molar-refractivity contribution is 9.10. The summed E-state index contributed by atoms with van der Waals surface area (Å²) >= 11 is 4.31. The molecule has 3 aromatic carbocycles. The van der Waals surface area contributed by atoms with E-state index in [1.165, 1.54) is 0 Å². The number of nitrogens with zero attached hydrogens (tertiary/aromatic N) is 1. The van der Waals surface area contributed by atoms with E-state index in [1.807, 2.05) is 37.3 Å². The number of imide groups is 1. The third-order valence-electron chi connectivity index (χ3n) is 5.44. The SMILES string of the molecule is CCOc1cc(/C=C2/SC(=O)N(CC(=O)Nc3ccc(OC)cc3)C2=O)c(Br)cc1OCc1ccccc1.